The third kappa shape index (κ3) is 3.40. The van der Waals surface area contributed by atoms with E-state index in [0.29, 0.717) is 11.0 Å². The number of amides is 1. The molecule has 0 bridgehead atoms. The largest absolute Gasteiger partial charge is 0.309 e. The van der Waals surface area contributed by atoms with Crippen molar-refractivity contribution in [1.29, 1.82) is 0 Å². The summed E-state index contributed by atoms with van der Waals surface area (Å²) in [5.74, 6) is 1.38. The standard InChI is InChI=1S/C12H16ClN3O/c1-8-2-4-9(5-3-8)12(17)16-11-7-14-10(13)6-15-11/h6-9H,2-5H2,1H3,(H,15,16,17). The van der Waals surface area contributed by atoms with Crippen molar-refractivity contribution < 1.29 is 4.79 Å². The number of hydrogen-bond acceptors (Lipinski definition) is 3. The zero-order chi connectivity index (χ0) is 12.3. The van der Waals surface area contributed by atoms with E-state index in [2.05, 4.69) is 22.2 Å². The molecule has 1 amide bonds. The minimum Gasteiger partial charge on any atom is -0.309 e. The molecule has 17 heavy (non-hydrogen) atoms. The van der Waals surface area contributed by atoms with Gasteiger partial charge in [-0.25, -0.2) is 9.97 Å². The lowest BCUT2D eigenvalue weighted by Gasteiger charge is -2.24. The lowest BCUT2D eigenvalue weighted by atomic mass is 9.82. The summed E-state index contributed by atoms with van der Waals surface area (Å²) in [5, 5.41) is 3.11. The zero-order valence-corrected chi connectivity index (χ0v) is 10.6. The first-order valence-corrected chi connectivity index (χ1v) is 6.31. The van der Waals surface area contributed by atoms with Crippen LogP contribution in [0.3, 0.4) is 0 Å². The summed E-state index contributed by atoms with van der Waals surface area (Å²) in [6.45, 7) is 2.23. The van der Waals surface area contributed by atoms with Crippen molar-refractivity contribution in [3.05, 3.63) is 17.5 Å². The third-order valence-electron chi connectivity index (χ3n) is 3.26. The van der Waals surface area contributed by atoms with Crippen LogP contribution in [0.2, 0.25) is 5.15 Å². The number of hydrogen-bond donors (Lipinski definition) is 1. The molecule has 1 N–H and O–H groups in total. The summed E-state index contributed by atoms with van der Waals surface area (Å²) >= 11 is 5.63. The molecule has 1 aromatic heterocycles. The van der Waals surface area contributed by atoms with Crippen LogP contribution < -0.4 is 5.32 Å². The normalized spacial score (nSPS) is 24.4. The Kier molecular flexibility index (Phi) is 3.94. The van der Waals surface area contributed by atoms with E-state index in [-0.39, 0.29) is 11.8 Å². The molecule has 0 atom stereocenters. The Balaban J connectivity index is 1.90. The van der Waals surface area contributed by atoms with Crippen LogP contribution >= 0.6 is 11.6 Å². The molecule has 5 heteroatoms. The molecule has 1 aliphatic rings. The Bertz CT molecular complexity index is 385. The number of rotatable bonds is 2. The summed E-state index contributed by atoms with van der Waals surface area (Å²) in [6.07, 6.45) is 7.10. The van der Waals surface area contributed by atoms with Crippen molar-refractivity contribution in [2.45, 2.75) is 32.6 Å². The summed E-state index contributed by atoms with van der Waals surface area (Å²) in [7, 11) is 0. The van der Waals surface area contributed by atoms with E-state index in [1.165, 1.54) is 12.4 Å². The Morgan fingerprint density at radius 1 is 1.29 bits per heavy atom. The summed E-state index contributed by atoms with van der Waals surface area (Å²) < 4.78 is 0. The first-order chi connectivity index (χ1) is 8.15. The molecule has 92 valence electrons. The van der Waals surface area contributed by atoms with Crippen LogP contribution in [0.15, 0.2) is 12.4 Å². The van der Waals surface area contributed by atoms with Crippen LogP contribution in [-0.4, -0.2) is 15.9 Å². The molecule has 4 nitrogen and oxygen atoms in total. The van der Waals surface area contributed by atoms with Crippen LogP contribution in [-0.2, 0) is 4.79 Å². The van der Waals surface area contributed by atoms with E-state index < -0.39 is 0 Å². The van der Waals surface area contributed by atoms with Crippen LogP contribution in [0.1, 0.15) is 32.6 Å². The second kappa shape index (κ2) is 5.45. The summed E-state index contributed by atoms with van der Waals surface area (Å²) in [6, 6.07) is 0. The van der Waals surface area contributed by atoms with E-state index in [1.807, 2.05) is 0 Å². The van der Waals surface area contributed by atoms with Crippen LogP contribution in [0.5, 0.6) is 0 Å². The van der Waals surface area contributed by atoms with Gasteiger partial charge in [0.15, 0.2) is 5.82 Å². The number of aromatic nitrogens is 2. The van der Waals surface area contributed by atoms with Gasteiger partial charge in [-0.05, 0) is 31.6 Å². The van der Waals surface area contributed by atoms with Crippen LogP contribution in [0.4, 0.5) is 5.82 Å². The molecule has 2 rings (SSSR count). The van der Waals surface area contributed by atoms with Gasteiger partial charge >= 0.3 is 0 Å². The minimum absolute atomic E-state index is 0.0496. The fourth-order valence-corrected chi connectivity index (χ4v) is 2.22. The van der Waals surface area contributed by atoms with Gasteiger partial charge in [-0.3, -0.25) is 4.79 Å². The Labute approximate surface area is 106 Å². The highest BCUT2D eigenvalue weighted by molar-refractivity contribution is 6.29. The number of anilines is 1. The van der Waals surface area contributed by atoms with Gasteiger partial charge in [-0.15, -0.1) is 0 Å². The zero-order valence-electron chi connectivity index (χ0n) is 9.82. The first kappa shape index (κ1) is 12.3. The van der Waals surface area contributed by atoms with E-state index in [0.717, 1.165) is 31.6 Å². The number of carbonyl (C=O) groups is 1. The first-order valence-electron chi connectivity index (χ1n) is 5.93. The van der Waals surface area contributed by atoms with Gasteiger partial charge in [-0.2, -0.15) is 0 Å². The van der Waals surface area contributed by atoms with Gasteiger partial charge < -0.3 is 5.32 Å². The number of nitrogens with zero attached hydrogens (tertiary/aromatic N) is 2. The maximum Gasteiger partial charge on any atom is 0.228 e. The molecule has 0 aromatic carbocycles. The average molecular weight is 254 g/mol. The average Bonchev–Trinajstić information content (AvgIpc) is 2.33. The van der Waals surface area contributed by atoms with E-state index in [9.17, 15) is 4.79 Å². The summed E-state index contributed by atoms with van der Waals surface area (Å²) in [5.41, 5.74) is 0. The quantitative estimate of drug-likeness (QED) is 0.882. The van der Waals surface area contributed by atoms with Gasteiger partial charge in [0.1, 0.15) is 5.15 Å². The smallest absolute Gasteiger partial charge is 0.228 e. The highest BCUT2D eigenvalue weighted by atomic mass is 35.5. The Morgan fingerprint density at radius 3 is 2.59 bits per heavy atom. The highest BCUT2D eigenvalue weighted by Gasteiger charge is 2.24. The molecule has 0 radical (unpaired) electrons. The lowest BCUT2D eigenvalue weighted by Crippen LogP contribution is -2.27. The van der Waals surface area contributed by atoms with Gasteiger partial charge in [-0.1, -0.05) is 18.5 Å². The van der Waals surface area contributed by atoms with Crippen LogP contribution in [0.25, 0.3) is 0 Å². The third-order valence-corrected chi connectivity index (χ3v) is 3.45. The topological polar surface area (TPSA) is 54.9 Å². The van der Waals surface area contributed by atoms with Crippen LogP contribution in [0, 0.1) is 11.8 Å². The molecule has 0 aliphatic heterocycles. The molecular weight excluding hydrogens is 238 g/mol. The number of halogens is 1. The molecule has 1 aromatic rings. The molecule has 1 saturated carbocycles. The lowest BCUT2D eigenvalue weighted by molar-refractivity contribution is -0.121. The van der Waals surface area contributed by atoms with E-state index >= 15 is 0 Å². The van der Waals surface area contributed by atoms with Crippen molar-refractivity contribution in [2.75, 3.05) is 5.32 Å². The molecule has 1 fully saturated rings. The Morgan fingerprint density at radius 2 is 2.00 bits per heavy atom. The second-order valence-electron chi connectivity index (χ2n) is 4.67. The minimum atomic E-state index is 0.0496. The van der Waals surface area contributed by atoms with E-state index in [1.54, 1.807) is 0 Å². The fraction of sp³-hybridized carbons (Fsp3) is 0.583. The van der Waals surface area contributed by atoms with Crippen molar-refractivity contribution in [3.8, 4) is 0 Å². The van der Waals surface area contributed by atoms with Gasteiger partial charge in [0.05, 0.1) is 12.4 Å². The fourth-order valence-electron chi connectivity index (χ4n) is 2.13. The van der Waals surface area contributed by atoms with Crippen molar-refractivity contribution in [3.63, 3.8) is 0 Å². The SMILES string of the molecule is CC1CCC(C(=O)Nc2cnc(Cl)cn2)CC1. The van der Waals surface area contributed by atoms with Gasteiger partial charge in [0, 0.05) is 5.92 Å². The number of nitrogens with one attached hydrogen (secondary N) is 1. The molecule has 0 spiro atoms. The van der Waals surface area contributed by atoms with Gasteiger partial charge in [0.2, 0.25) is 5.91 Å². The monoisotopic (exact) mass is 253 g/mol. The number of carbonyl (C=O) groups excluding carboxylic acids is 1. The molecule has 0 unspecified atom stereocenters. The van der Waals surface area contributed by atoms with Crippen molar-refractivity contribution in [2.24, 2.45) is 11.8 Å². The predicted molar refractivity (Wildman–Crippen MR) is 66.8 cm³/mol. The summed E-state index contributed by atoms with van der Waals surface area (Å²) in [4.78, 5) is 19.8. The molecule has 1 aliphatic carbocycles. The van der Waals surface area contributed by atoms with Crippen molar-refractivity contribution >= 4 is 23.3 Å². The van der Waals surface area contributed by atoms with E-state index in [4.69, 9.17) is 11.6 Å². The van der Waals surface area contributed by atoms with Gasteiger partial charge in [0.25, 0.3) is 0 Å². The Hall–Kier alpha value is -1.16. The molecule has 0 saturated heterocycles. The predicted octanol–water partition coefficient (Wildman–Crippen LogP) is 2.89. The second-order valence-corrected chi connectivity index (χ2v) is 5.06. The highest BCUT2D eigenvalue weighted by Crippen LogP contribution is 2.28. The molecular formula is C12H16ClN3O. The van der Waals surface area contributed by atoms with Crippen molar-refractivity contribution in [1.82, 2.24) is 9.97 Å². The molecule has 1 heterocycles. The maximum absolute atomic E-state index is 11.9. The maximum atomic E-state index is 11.9.